The lowest BCUT2D eigenvalue weighted by atomic mass is 9.93. The van der Waals surface area contributed by atoms with Gasteiger partial charge in [-0.05, 0) is 168 Å². The first-order chi connectivity index (χ1) is 43.6. The van der Waals surface area contributed by atoms with Crippen molar-refractivity contribution in [2.24, 2.45) is 0 Å². The van der Waals surface area contributed by atoms with E-state index in [0.29, 0.717) is 0 Å². The Morgan fingerprint density at radius 3 is 1.56 bits per heavy atom. The number of hydrogen-bond donors (Lipinski definition) is 0. The minimum atomic E-state index is 0.847. The van der Waals surface area contributed by atoms with E-state index >= 15 is 0 Å². The largest absolute Gasteiger partial charge is 0.456 e. The molecule has 0 aliphatic rings. The van der Waals surface area contributed by atoms with Crippen molar-refractivity contribution in [2.45, 2.75) is 0 Å². The molecular weight excluding hydrogens is 1090 g/mol. The molecule has 0 N–H and O–H groups in total. The summed E-state index contributed by atoms with van der Waals surface area (Å²) >= 11 is 1.86. The second-order valence-electron chi connectivity index (χ2n) is 22.7. The van der Waals surface area contributed by atoms with Crippen LogP contribution in [0.15, 0.2) is 332 Å². The van der Waals surface area contributed by atoms with E-state index in [2.05, 4.69) is 337 Å². The number of hydrogen-bond acceptors (Lipinski definition) is 4. The fourth-order valence-electron chi connectivity index (χ4n) is 13.5. The highest BCUT2D eigenvalue weighted by Gasteiger charge is 2.22. The van der Waals surface area contributed by atoms with Crippen LogP contribution in [0.2, 0.25) is 0 Å². The minimum absolute atomic E-state index is 0.847. The number of furan rings is 1. The van der Waals surface area contributed by atoms with Crippen molar-refractivity contribution in [1.82, 2.24) is 0 Å². The van der Waals surface area contributed by atoms with Gasteiger partial charge in [-0.1, -0.05) is 231 Å². The van der Waals surface area contributed by atoms with E-state index in [4.69, 9.17) is 4.42 Å². The molecule has 0 aliphatic carbocycles. The quantitative estimate of drug-likeness (QED) is 0.129. The standard InChI is InChI=1S/C84H54N2OS/c1-3-18-56(19-4-1)68-33-16-21-58-40-43-65(53-77(58)68)86(80-48-47-70(72-30-11-12-31-73(72)80)61-42-49-84-78(51-61)76-32-13-14-35-83(76)88-84)64-26-15-23-60(50-64)55-36-38-59(39-37-55)67-27-9-10-28-69(67)62-41-45-74-75-46-44-66(54-82(75)87-81(74)52-62)85(63-24-5-2-6-25-63)79-34-17-22-57-20-7-8-29-71(57)79/h1-54H. The van der Waals surface area contributed by atoms with Crippen LogP contribution in [-0.2, 0) is 0 Å². The Morgan fingerprint density at radius 1 is 0.216 bits per heavy atom. The molecule has 15 aromatic carbocycles. The molecule has 4 heteroatoms. The van der Waals surface area contributed by atoms with Crippen molar-refractivity contribution < 1.29 is 4.42 Å². The number of anilines is 6. The van der Waals surface area contributed by atoms with Crippen LogP contribution in [0, 0.1) is 0 Å². The first-order valence-corrected chi connectivity index (χ1v) is 30.8. The van der Waals surface area contributed by atoms with Gasteiger partial charge in [0, 0.05) is 70.5 Å². The summed E-state index contributed by atoms with van der Waals surface area (Å²) in [5.74, 6) is 0. The average molecular weight is 1140 g/mol. The molecule has 0 bridgehead atoms. The van der Waals surface area contributed by atoms with Gasteiger partial charge in [0.15, 0.2) is 0 Å². The third kappa shape index (κ3) is 8.88. The summed E-state index contributed by atoms with van der Waals surface area (Å²) in [5.41, 5.74) is 19.8. The molecule has 0 unspecified atom stereocenters. The maximum absolute atomic E-state index is 6.84. The van der Waals surface area contributed by atoms with Gasteiger partial charge in [-0.15, -0.1) is 11.3 Å². The molecule has 3 nitrogen and oxygen atoms in total. The Balaban J connectivity index is 0.732. The first-order valence-electron chi connectivity index (χ1n) is 30.0. The molecule has 0 saturated heterocycles. The topological polar surface area (TPSA) is 19.6 Å². The molecular formula is C84H54N2OS. The van der Waals surface area contributed by atoms with Crippen LogP contribution >= 0.6 is 11.3 Å². The first kappa shape index (κ1) is 51.1. The van der Waals surface area contributed by atoms with Crippen molar-refractivity contribution in [3.63, 3.8) is 0 Å². The van der Waals surface area contributed by atoms with Crippen LogP contribution in [0.1, 0.15) is 0 Å². The van der Waals surface area contributed by atoms with Crippen molar-refractivity contribution in [1.29, 1.82) is 0 Å². The van der Waals surface area contributed by atoms with Crippen LogP contribution in [-0.4, -0.2) is 0 Å². The zero-order valence-corrected chi connectivity index (χ0v) is 48.7. The lowest BCUT2D eigenvalue weighted by Gasteiger charge is -2.28. The van der Waals surface area contributed by atoms with Crippen molar-refractivity contribution in [2.75, 3.05) is 9.80 Å². The number of para-hydroxylation sites is 1. The molecule has 0 radical (unpaired) electrons. The SMILES string of the molecule is c1ccc(-c2cccc3ccc(N(c4cccc(-c5ccc(-c6ccccc6-c6ccc7c(c6)oc6cc(N(c8ccccc8)c8cccc9ccccc89)ccc67)cc5)c4)c4ccc(-c5ccc6sc7ccccc7c6c5)c5ccccc45)cc23)cc1. The second kappa shape index (κ2) is 21.3. The highest BCUT2D eigenvalue weighted by atomic mass is 32.1. The molecule has 0 atom stereocenters. The number of thiophene rings is 1. The Hall–Kier alpha value is -11.3. The zero-order chi connectivity index (χ0) is 58.1. The monoisotopic (exact) mass is 1140 g/mol. The number of rotatable bonds is 11. The summed E-state index contributed by atoms with van der Waals surface area (Å²) in [7, 11) is 0. The van der Waals surface area contributed by atoms with Gasteiger partial charge in [-0.25, -0.2) is 0 Å². The van der Waals surface area contributed by atoms with Crippen molar-refractivity contribution in [3.05, 3.63) is 328 Å². The second-order valence-corrected chi connectivity index (χ2v) is 23.8. The number of nitrogens with zero attached hydrogens (tertiary/aromatic N) is 2. The minimum Gasteiger partial charge on any atom is -0.456 e. The summed E-state index contributed by atoms with van der Waals surface area (Å²) in [6.07, 6.45) is 0. The predicted molar refractivity (Wildman–Crippen MR) is 376 cm³/mol. The van der Waals surface area contributed by atoms with Gasteiger partial charge in [0.1, 0.15) is 11.2 Å². The lowest BCUT2D eigenvalue weighted by molar-refractivity contribution is 0.669. The normalized spacial score (nSPS) is 11.6. The summed E-state index contributed by atoms with van der Waals surface area (Å²) < 4.78 is 9.46. The van der Waals surface area contributed by atoms with Crippen LogP contribution < -0.4 is 9.80 Å². The van der Waals surface area contributed by atoms with Gasteiger partial charge in [-0.3, -0.25) is 0 Å². The van der Waals surface area contributed by atoms with E-state index in [-0.39, 0.29) is 0 Å². The Labute approximate surface area is 514 Å². The summed E-state index contributed by atoms with van der Waals surface area (Å²) in [6, 6.07) is 119. The van der Waals surface area contributed by atoms with Crippen LogP contribution in [0.25, 0.3) is 130 Å². The highest BCUT2D eigenvalue weighted by Crippen LogP contribution is 2.47. The summed E-state index contributed by atoms with van der Waals surface area (Å²) in [4.78, 5) is 4.79. The fourth-order valence-corrected chi connectivity index (χ4v) is 14.5. The average Bonchev–Trinajstić information content (AvgIpc) is 1.69. The molecule has 0 amide bonds. The van der Waals surface area contributed by atoms with E-state index in [9.17, 15) is 0 Å². The van der Waals surface area contributed by atoms with E-state index < -0.39 is 0 Å². The smallest absolute Gasteiger partial charge is 0.137 e. The highest BCUT2D eigenvalue weighted by molar-refractivity contribution is 7.25. The summed E-state index contributed by atoms with van der Waals surface area (Å²) in [5, 5.41) is 12.0. The molecule has 2 aromatic heterocycles. The maximum Gasteiger partial charge on any atom is 0.137 e. The Kier molecular flexibility index (Phi) is 12.4. The van der Waals surface area contributed by atoms with Crippen molar-refractivity contribution >= 4 is 120 Å². The third-order valence-electron chi connectivity index (χ3n) is 17.6. The molecule has 0 saturated carbocycles. The molecule has 17 aromatic rings. The van der Waals surface area contributed by atoms with Gasteiger partial charge in [0.05, 0.1) is 11.4 Å². The zero-order valence-electron chi connectivity index (χ0n) is 47.9. The summed E-state index contributed by atoms with van der Waals surface area (Å²) in [6.45, 7) is 0. The van der Waals surface area contributed by atoms with Gasteiger partial charge < -0.3 is 14.2 Å². The van der Waals surface area contributed by atoms with Crippen LogP contribution in [0.5, 0.6) is 0 Å². The number of fused-ring (bicyclic) bond motifs is 9. The maximum atomic E-state index is 6.84. The molecule has 0 spiro atoms. The molecule has 2 heterocycles. The third-order valence-corrected chi connectivity index (χ3v) is 18.8. The van der Waals surface area contributed by atoms with Gasteiger partial charge in [0.25, 0.3) is 0 Å². The van der Waals surface area contributed by atoms with Gasteiger partial charge >= 0.3 is 0 Å². The Bertz CT molecular complexity index is 5520. The molecule has 412 valence electrons. The van der Waals surface area contributed by atoms with Crippen LogP contribution in [0.4, 0.5) is 34.1 Å². The fraction of sp³-hybridized carbons (Fsp3) is 0. The van der Waals surface area contributed by atoms with E-state index in [1.165, 1.54) is 74.7 Å². The molecule has 0 fully saturated rings. The van der Waals surface area contributed by atoms with Gasteiger partial charge in [-0.2, -0.15) is 0 Å². The van der Waals surface area contributed by atoms with Crippen LogP contribution in [0.3, 0.4) is 0 Å². The molecule has 0 aliphatic heterocycles. The number of benzene rings is 15. The molecule has 88 heavy (non-hydrogen) atoms. The van der Waals surface area contributed by atoms with E-state index in [0.717, 1.165) is 89.4 Å². The predicted octanol–water partition coefficient (Wildman–Crippen LogP) is 24.7. The molecule has 17 rings (SSSR count). The lowest BCUT2D eigenvalue weighted by Crippen LogP contribution is -2.11. The van der Waals surface area contributed by atoms with E-state index in [1.54, 1.807) is 0 Å². The van der Waals surface area contributed by atoms with Gasteiger partial charge in [0.2, 0.25) is 0 Å². The Morgan fingerprint density at radius 2 is 0.716 bits per heavy atom. The van der Waals surface area contributed by atoms with E-state index in [1.807, 2.05) is 11.3 Å². The van der Waals surface area contributed by atoms with Crippen molar-refractivity contribution in [3.8, 4) is 55.6 Å².